The lowest BCUT2D eigenvalue weighted by molar-refractivity contribution is -0.385. The van der Waals surface area contributed by atoms with Gasteiger partial charge in [0.2, 0.25) is 0 Å². The summed E-state index contributed by atoms with van der Waals surface area (Å²) in [5.74, 6) is -0.710. The van der Waals surface area contributed by atoms with Gasteiger partial charge in [0.1, 0.15) is 11.3 Å². The summed E-state index contributed by atoms with van der Waals surface area (Å²) < 4.78 is 0. The minimum Gasteiger partial charge on any atom is -0.508 e. The number of rotatable bonds is 5. The maximum atomic E-state index is 12.6. The summed E-state index contributed by atoms with van der Waals surface area (Å²) in [4.78, 5) is 24.5. The van der Waals surface area contributed by atoms with E-state index >= 15 is 0 Å². The number of amides is 1. The highest BCUT2D eigenvalue weighted by Gasteiger charge is 2.31. The monoisotopic (exact) mass is 294 g/mol. The molecule has 0 unspecified atom stereocenters. The molecule has 0 spiro atoms. The molecule has 7 nitrogen and oxygen atoms in total. The molecule has 0 aliphatic heterocycles. The Labute approximate surface area is 122 Å². The normalized spacial score (nSPS) is 15.1. The molecule has 0 radical (unpaired) electrons. The quantitative estimate of drug-likeness (QED) is 0.635. The first kappa shape index (κ1) is 15.2. The van der Waals surface area contributed by atoms with Gasteiger partial charge in [-0.3, -0.25) is 14.9 Å². The Morgan fingerprint density at radius 1 is 1.38 bits per heavy atom. The molecule has 1 amide bonds. The van der Waals surface area contributed by atoms with Crippen LogP contribution in [-0.2, 0) is 0 Å². The Bertz CT molecular complexity index is 540. The third-order valence-corrected chi connectivity index (χ3v) is 3.77. The zero-order valence-corrected chi connectivity index (χ0v) is 11.6. The van der Waals surface area contributed by atoms with Crippen molar-refractivity contribution in [1.82, 2.24) is 4.90 Å². The molecule has 21 heavy (non-hydrogen) atoms. The fourth-order valence-electron chi connectivity index (χ4n) is 2.78. The Morgan fingerprint density at radius 3 is 2.62 bits per heavy atom. The van der Waals surface area contributed by atoms with Gasteiger partial charge in [0.25, 0.3) is 11.6 Å². The molecule has 0 bridgehead atoms. The minimum absolute atomic E-state index is 0.00777. The van der Waals surface area contributed by atoms with Gasteiger partial charge in [0, 0.05) is 18.7 Å². The summed E-state index contributed by atoms with van der Waals surface area (Å²) in [6.45, 7) is -0.0643. The topological polar surface area (TPSA) is 104 Å². The van der Waals surface area contributed by atoms with Gasteiger partial charge in [0.05, 0.1) is 11.5 Å². The van der Waals surface area contributed by atoms with E-state index in [9.17, 15) is 20.0 Å². The molecule has 1 saturated carbocycles. The average molecular weight is 294 g/mol. The number of carbonyl (C=O) groups excluding carboxylic acids is 1. The molecule has 114 valence electrons. The third-order valence-electron chi connectivity index (χ3n) is 3.77. The number of nitro groups is 1. The molecule has 1 fully saturated rings. The number of benzene rings is 1. The molecule has 1 aliphatic carbocycles. The van der Waals surface area contributed by atoms with Crippen molar-refractivity contribution in [2.24, 2.45) is 0 Å². The van der Waals surface area contributed by atoms with Crippen molar-refractivity contribution in [2.45, 2.75) is 31.7 Å². The smallest absolute Gasteiger partial charge is 0.282 e. The molecule has 0 aromatic heterocycles. The van der Waals surface area contributed by atoms with Crippen LogP contribution >= 0.6 is 0 Å². The summed E-state index contributed by atoms with van der Waals surface area (Å²) in [5, 5.41) is 29.7. The number of aliphatic hydroxyl groups is 1. The van der Waals surface area contributed by atoms with Crippen molar-refractivity contribution in [3.05, 3.63) is 33.9 Å². The van der Waals surface area contributed by atoms with Crippen LogP contribution in [0.1, 0.15) is 36.0 Å². The number of phenolic OH excluding ortho intramolecular Hbond substituents is 1. The zero-order valence-electron chi connectivity index (χ0n) is 11.6. The molecule has 1 aromatic rings. The number of phenols is 1. The van der Waals surface area contributed by atoms with Crippen LogP contribution < -0.4 is 0 Å². The highest BCUT2D eigenvalue weighted by atomic mass is 16.6. The summed E-state index contributed by atoms with van der Waals surface area (Å²) in [6.07, 6.45) is 3.67. The number of aromatic hydroxyl groups is 1. The number of hydrogen-bond donors (Lipinski definition) is 2. The molecule has 0 atom stereocenters. The summed E-state index contributed by atoms with van der Waals surface area (Å²) in [5.41, 5.74) is -0.473. The van der Waals surface area contributed by atoms with Crippen LogP contribution in [0.15, 0.2) is 18.2 Å². The number of aliphatic hydroxyl groups excluding tert-OH is 1. The highest BCUT2D eigenvalue weighted by molar-refractivity contribution is 5.98. The second-order valence-corrected chi connectivity index (χ2v) is 5.12. The Balaban J connectivity index is 2.35. The van der Waals surface area contributed by atoms with Crippen LogP contribution in [0.5, 0.6) is 5.75 Å². The Kier molecular flexibility index (Phi) is 4.74. The van der Waals surface area contributed by atoms with Gasteiger partial charge in [-0.15, -0.1) is 0 Å². The second kappa shape index (κ2) is 6.53. The van der Waals surface area contributed by atoms with Crippen molar-refractivity contribution in [2.75, 3.05) is 13.2 Å². The molecule has 1 aromatic carbocycles. The molecule has 2 N–H and O–H groups in total. The Morgan fingerprint density at radius 2 is 2.05 bits per heavy atom. The minimum atomic E-state index is -0.640. The van der Waals surface area contributed by atoms with Gasteiger partial charge < -0.3 is 15.1 Å². The fourth-order valence-corrected chi connectivity index (χ4v) is 2.78. The van der Waals surface area contributed by atoms with E-state index in [0.29, 0.717) is 0 Å². The van der Waals surface area contributed by atoms with Crippen molar-refractivity contribution in [1.29, 1.82) is 0 Å². The van der Waals surface area contributed by atoms with Crippen LogP contribution in [-0.4, -0.2) is 45.1 Å². The largest absolute Gasteiger partial charge is 0.508 e. The predicted octanol–water partition coefficient (Wildman–Crippen LogP) is 1.68. The molecule has 0 heterocycles. The number of carbonyl (C=O) groups is 1. The van der Waals surface area contributed by atoms with Crippen molar-refractivity contribution in [3.8, 4) is 5.75 Å². The van der Waals surface area contributed by atoms with Gasteiger partial charge in [0.15, 0.2) is 0 Å². The standard InChI is InChI=1S/C14H18N2O5/c17-8-7-15(10-3-1-2-4-10)14(19)12-9-11(18)5-6-13(12)16(20)21/h5-6,9-10,17-18H,1-4,7-8H2. The second-order valence-electron chi connectivity index (χ2n) is 5.12. The molecule has 7 heteroatoms. The number of nitrogens with zero attached hydrogens (tertiary/aromatic N) is 2. The van der Waals surface area contributed by atoms with Crippen molar-refractivity contribution >= 4 is 11.6 Å². The Hall–Kier alpha value is -2.15. The van der Waals surface area contributed by atoms with E-state index in [2.05, 4.69) is 0 Å². The van der Waals surface area contributed by atoms with Gasteiger partial charge >= 0.3 is 0 Å². The van der Waals surface area contributed by atoms with Gasteiger partial charge in [-0.2, -0.15) is 0 Å². The van der Waals surface area contributed by atoms with E-state index in [1.807, 2.05) is 0 Å². The van der Waals surface area contributed by atoms with E-state index in [1.54, 1.807) is 0 Å². The van der Waals surface area contributed by atoms with Crippen LogP contribution in [0.25, 0.3) is 0 Å². The van der Waals surface area contributed by atoms with Gasteiger partial charge in [-0.05, 0) is 25.0 Å². The fraction of sp³-hybridized carbons (Fsp3) is 0.500. The van der Waals surface area contributed by atoms with E-state index in [1.165, 1.54) is 11.0 Å². The SMILES string of the molecule is O=C(c1cc(O)ccc1[N+](=O)[O-])N(CCO)C1CCCC1. The predicted molar refractivity (Wildman–Crippen MR) is 75.1 cm³/mol. The van der Waals surface area contributed by atoms with Gasteiger partial charge in [-0.1, -0.05) is 12.8 Å². The molecular formula is C14H18N2O5. The summed E-state index contributed by atoms with van der Waals surface area (Å²) in [6, 6.07) is 3.40. The molecular weight excluding hydrogens is 276 g/mol. The van der Waals surface area contributed by atoms with Crippen molar-refractivity contribution < 1.29 is 19.9 Å². The lowest BCUT2D eigenvalue weighted by atomic mass is 10.1. The molecule has 2 rings (SSSR count). The number of nitro benzene ring substituents is 1. The first-order chi connectivity index (χ1) is 10.0. The van der Waals surface area contributed by atoms with Crippen LogP contribution in [0, 0.1) is 10.1 Å². The summed E-state index contributed by atoms with van der Waals surface area (Å²) >= 11 is 0. The maximum Gasteiger partial charge on any atom is 0.282 e. The molecule has 1 aliphatic rings. The first-order valence-corrected chi connectivity index (χ1v) is 6.94. The average Bonchev–Trinajstić information content (AvgIpc) is 2.97. The maximum absolute atomic E-state index is 12.6. The van der Waals surface area contributed by atoms with E-state index in [0.717, 1.165) is 37.8 Å². The molecule has 0 saturated heterocycles. The first-order valence-electron chi connectivity index (χ1n) is 6.94. The lowest BCUT2D eigenvalue weighted by Crippen LogP contribution is -2.41. The summed E-state index contributed by atoms with van der Waals surface area (Å²) in [7, 11) is 0. The van der Waals surface area contributed by atoms with E-state index in [4.69, 9.17) is 5.11 Å². The lowest BCUT2D eigenvalue weighted by Gasteiger charge is -2.28. The van der Waals surface area contributed by atoms with Crippen LogP contribution in [0.2, 0.25) is 0 Å². The van der Waals surface area contributed by atoms with Crippen LogP contribution in [0.4, 0.5) is 5.69 Å². The van der Waals surface area contributed by atoms with E-state index in [-0.39, 0.29) is 36.2 Å². The van der Waals surface area contributed by atoms with Crippen molar-refractivity contribution in [3.63, 3.8) is 0 Å². The number of hydrogen-bond acceptors (Lipinski definition) is 5. The third kappa shape index (κ3) is 3.30. The van der Waals surface area contributed by atoms with E-state index < -0.39 is 10.8 Å². The highest BCUT2D eigenvalue weighted by Crippen LogP contribution is 2.29. The zero-order chi connectivity index (χ0) is 15.4. The van der Waals surface area contributed by atoms with Gasteiger partial charge in [-0.25, -0.2) is 0 Å². The van der Waals surface area contributed by atoms with Crippen LogP contribution in [0.3, 0.4) is 0 Å².